The number of thiazole rings is 1. The van der Waals surface area contributed by atoms with Crippen LogP contribution in [-0.2, 0) is 6.42 Å². The predicted molar refractivity (Wildman–Crippen MR) is 90.3 cm³/mol. The number of nitrogen functional groups attached to an aromatic ring is 1. The molecule has 1 aromatic heterocycles. The van der Waals surface area contributed by atoms with E-state index in [2.05, 4.69) is 36.1 Å². The molecule has 0 aliphatic carbocycles. The van der Waals surface area contributed by atoms with Crippen LogP contribution in [0.1, 0.15) is 12.5 Å². The van der Waals surface area contributed by atoms with Crippen molar-refractivity contribution in [1.82, 2.24) is 4.98 Å². The molecule has 2 heterocycles. The van der Waals surface area contributed by atoms with Crippen molar-refractivity contribution >= 4 is 38.1 Å². The van der Waals surface area contributed by atoms with Gasteiger partial charge in [0.1, 0.15) is 0 Å². The quantitative estimate of drug-likeness (QED) is 0.684. The number of rotatable bonds is 1. The molecule has 1 aliphatic rings. The van der Waals surface area contributed by atoms with Gasteiger partial charge in [-0.1, -0.05) is 36.5 Å². The first-order chi connectivity index (χ1) is 10.2. The largest absolute Gasteiger partial charge is 0.399 e. The monoisotopic (exact) mass is 295 g/mol. The Kier molecular flexibility index (Phi) is 2.86. The lowest BCUT2D eigenvalue weighted by atomic mass is 9.94. The highest BCUT2D eigenvalue weighted by atomic mass is 32.1. The highest BCUT2D eigenvalue weighted by molar-refractivity contribution is 7.22. The van der Waals surface area contributed by atoms with Crippen molar-refractivity contribution in [2.24, 2.45) is 5.92 Å². The van der Waals surface area contributed by atoms with Crippen LogP contribution in [-0.4, -0.2) is 11.5 Å². The van der Waals surface area contributed by atoms with E-state index in [9.17, 15) is 0 Å². The molecule has 1 aliphatic heterocycles. The van der Waals surface area contributed by atoms with Crippen LogP contribution >= 0.6 is 11.3 Å². The van der Waals surface area contributed by atoms with Crippen LogP contribution in [0.3, 0.4) is 0 Å². The second kappa shape index (κ2) is 4.74. The molecule has 3 nitrogen and oxygen atoms in total. The lowest BCUT2D eigenvalue weighted by Gasteiger charge is -2.32. The first-order valence-corrected chi connectivity index (χ1v) is 8.04. The molecule has 1 unspecified atom stereocenters. The Balaban J connectivity index is 1.84. The molecule has 0 amide bonds. The molecular weight excluding hydrogens is 278 g/mol. The number of hydrogen-bond donors (Lipinski definition) is 1. The SMILES string of the molecule is CC1Cc2ccccc2N(c2nc3ccc(N)cc3s2)C1. The Morgan fingerprint density at radius 2 is 2.10 bits per heavy atom. The van der Waals surface area contributed by atoms with E-state index in [-0.39, 0.29) is 0 Å². The molecule has 0 bridgehead atoms. The summed E-state index contributed by atoms with van der Waals surface area (Å²) in [6, 6.07) is 14.6. The fourth-order valence-corrected chi connectivity index (χ4v) is 4.06. The second-order valence-corrected chi connectivity index (χ2v) is 6.78. The zero-order chi connectivity index (χ0) is 14.4. The number of benzene rings is 2. The van der Waals surface area contributed by atoms with Crippen LogP contribution in [0.4, 0.5) is 16.5 Å². The van der Waals surface area contributed by atoms with Crippen molar-refractivity contribution in [3.8, 4) is 0 Å². The minimum atomic E-state index is 0.636. The third-order valence-corrected chi connectivity index (χ3v) is 5.02. The standard InChI is InChI=1S/C17H17N3S/c1-11-8-12-4-2-3-5-15(12)20(10-11)17-19-14-7-6-13(18)9-16(14)21-17/h2-7,9,11H,8,10,18H2,1H3. The summed E-state index contributed by atoms with van der Waals surface area (Å²) in [7, 11) is 0. The summed E-state index contributed by atoms with van der Waals surface area (Å²) < 4.78 is 1.15. The van der Waals surface area contributed by atoms with Crippen molar-refractivity contribution in [1.29, 1.82) is 0 Å². The van der Waals surface area contributed by atoms with Crippen molar-refractivity contribution in [3.05, 3.63) is 48.0 Å². The normalized spacial score (nSPS) is 18.0. The van der Waals surface area contributed by atoms with Gasteiger partial charge in [0.15, 0.2) is 5.13 Å². The van der Waals surface area contributed by atoms with Gasteiger partial charge < -0.3 is 10.6 Å². The van der Waals surface area contributed by atoms with Gasteiger partial charge in [0.2, 0.25) is 0 Å². The van der Waals surface area contributed by atoms with Gasteiger partial charge in [-0.2, -0.15) is 0 Å². The summed E-state index contributed by atoms with van der Waals surface area (Å²) in [5, 5.41) is 1.06. The maximum absolute atomic E-state index is 5.88. The third kappa shape index (κ3) is 2.16. The molecule has 0 saturated carbocycles. The number of fused-ring (bicyclic) bond motifs is 2. The van der Waals surface area contributed by atoms with E-state index in [1.807, 2.05) is 18.2 Å². The van der Waals surface area contributed by atoms with Gasteiger partial charge >= 0.3 is 0 Å². The number of nitrogens with two attached hydrogens (primary N) is 1. The molecular formula is C17H17N3S. The second-order valence-electron chi connectivity index (χ2n) is 5.77. The Labute approximate surface area is 128 Å². The molecule has 0 spiro atoms. The van der Waals surface area contributed by atoms with E-state index in [1.54, 1.807) is 11.3 Å². The highest BCUT2D eigenvalue weighted by Crippen LogP contribution is 2.39. The summed E-state index contributed by atoms with van der Waals surface area (Å²) in [6.45, 7) is 3.32. The van der Waals surface area contributed by atoms with Gasteiger partial charge in [-0.05, 0) is 42.2 Å². The van der Waals surface area contributed by atoms with Crippen molar-refractivity contribution in [2.45, 2.75) is 13.3 Å². The average molecular weight is 295 g/mol. The first kappa shape index (κ1) is 12.7. The molecule has 0 radical (unpaired) electrons. The Morgan fingerprint density at radius 1 is 1.24 bits per heavy atom. The zero-order valence-corrected chi connectivity index (χ0v) is 12.7. The van der Waals surface area contributed by atoms with E-state index in [0.717, 1.165) is 34.0 Å². The molecule has 4 rings (SSSR count). The van der Waals surface area contributed by atoms with Crippen LogP contribution in [0.2, 0.25) is 0 Å². The van der Waals surface area contributed by atoms with E-state index in [1.165, 1.54) is 11.3 Å². The van der Waals surface area contributed by atoms with Gasteiger partial charge in [0.05, 0.1) is 10.2 Å². The van der Waals surface area contributed by atoms with Gasteiger partial charge in [-0.3, -0.25) is 0 Å². The topological polar surface area (TPSA) is 42.2 Å². The number of nitrogens with zero attached hydrogens (tertiary/aromatic N) is 2. The molecule has 2 N–H and O–H groups in total. The summed E-state index contributed by atoms with van der Waals surface area (Å²) in [6.07, 6.45) is 1.14. The van der Waals surface area contributed by atoms with E-state index in [0.29, 0.717) is 5.92 Å². The molecule has 1 atom stereocenters. The molecule has 0 fully saturated rings. The van der Waals surface area contributed by atoms with E-state index in [4.69, 9.17) is 10.7 Å². The van der Waals surface area contributed by atoms with Crippen LogP contribution in [0.15, 0.2) is 42.5 Å². The molecule has 4 heteroatoms. The number of para-hydroxylation sites is 1. The van der Waals surface area contributed by atoms with Gasteiger partial charge in [-0.25, -0.2) is 4.98 Å². The average Bonchev–Trinajstić information content (AvgIpc) is 2.89. The maximum atomic E-state index is 5.88. The minimum absolute atomic E-state index is 0.636. The number of anilines is 3. The molecule has 106 valence electrons. The minimum Gasteiger partial charge on any atom is -0.399 e. The highest BCUT2D eigenvalue weighted by Gasteiger charge is 2.24. The van der Waals surface area contributed by atoms with Crippen LogP contribution in [0, 0.1) is 5.92 Å². The van der Waals surface area contributed by atoms with Gasteiger partial charge in [0.25, 0.3) is 0 Å². The zero-order valence-electron chi connectivity index (χ0n) is 11.9. The van der Waals surface area contributed by atoms with Crippen molar-refractivity contribution in [2.75, 3.05) is 17.2 Å². The summed E-state index contributed by atoms with van der Waals surface area (Å²) in [5.74, 6) is 0.636. The summed E-state index contributed by atoms with van der Waals surface area (Å²) in [4.78, 5) is 7.15. The fraction of sp³-hybridized carbons (Fsp3) is 0.235. The fourth-order valence-electron chi connectivity index (χ4n) is 3.02. The van der Waals surface area contributed by atoms with Crippen molar-refractivity contribution < 1.29 is 0 Å². The number of aromatic nitrogens is 1. The first-order valence-electron chi connectivity index (χ1n) is 7.22. The lowest BCUT2D eigenvalue weighted by molar-refractivity contribution is 0.562. The Morgan fingerprint density at radius 3 is 3.00 bits per heavy atom. The van der Waals surface area contributed by atoms with Crippen LogP contribution in [0.25, 0.3) is 10.2 Å². The van der Waals surface area contributed by atoms with Gasteiger partial charge in [0, 0.05) is 17.9 Å². The van der Waals surface area contributed by atoms with E-state index >= 15 is 0 Å². The molecule has 21 heavy (non-hydrogen) atoms. The Bertz CT molecular complexity index is 809. The van der Waals surface area contributed by atoms with E-state index < -0.39 is 0 Å². The number of hydrogen-bond acceptors (Lipinski definition) is 4. The molecule has 2 aromatic carbocycles. The summed E-state index contributed by atoms with van der Waals surface area (Å²) in [5.41, 5.74) is 10.4. The third-order valence-electron chi connectivity index (χ3n) is 3.98. The maximum Gasteiger partial charge on any atom is 0.190 e. The van der Waals surface area contributed by atoms with Gasteiger partial charge in [-0.15, -0.1) is 0 Å². The molecule has 3 aromatic rings. The predicted octanol–water partition coefficient (Wildman–Crippen LogP) is 4.21. The van der Waals surface area contributed by atoms with Crippen molar-refractivity contribution in [3.63, 3.8) is 0 Å². The summed E-state index contributed by atoms with van der Waals surface area (Å²) >= 11 is 1.72. The Hall–Kier alpha value is -2.07. The van der Waals surface area contributed by atoms with Crippen LogP contribution in [0.5, 0.6) is 0 Å². The van der Waals surface area contributed by atoms with Crippen LogP contribution < -0.4 is 10.6 Å². The smallest absolute Gasteiger partial charge is 0.190 e. The lowest BCUT2D eigenvalue weighted by Crippen LogP contribution is -2.30. The molecule has 0 saturated heterocycles.